The average molecular weight is 281 g/mol. The molecule has 21 heavy (non-hydrogen) atoms. The maximum atomic E-state index is 3.51. The topological polar surface area (TPSA) is 12.0 Å². The quantitative estimate of drug-likeness (QED) is 0.780. The van der Waals surface area contributed by atoms with Crippen molar-refractivity contribution in [2.45, 2.75) is 39.5 Å². The van der Waals surface area contributed by atoms with Gasteiger partial charge in [0.15, 0.2) is 0 Å². The summed E-state index contributed by atoms with van der Waals surface area (Å²) in [6.07, 6.45) is 2.35. The first-order valence-electron chi connectivity index (χ1n) is 8.02. The van der Waals surface area contributed by atoms with E-state index in [-0.39, 0.29) is 0 Å². The zero-order valence-corrected chi connectivity index (χ0v) is 13.5. The predicted molar refractivity (Wildman–Crippen MR) is 92.0 cm³/mol. The van der Waals surface area contributed by atoms with Crippen LogP contribution in [-0.4, -0.2) is 13.1 Å². The maximum Gasteiger partial charge on any atom is 0.00201 e. The number of aryl methyl sites for hydroxylation is 3. The maximum absolute atomic E-state index is 3.51. The van der Waals surface area contributed by atoms with E-state index in [1.807, 2.05) is 0 Å². The van der Waals surface area contributed by atoms with Crippen molar-refractivity contribution in [2.24, 2.45) is 0 Å². The highest BCUT2D eigenvalue weighted by Gasteiger charge is 2.11. The summed E-state index contributed by atoms with van der Waals surface area (Å²) in [5, 5.41) is 3.51. The molecule has 0 saturated carbocycles. The number of rotatable bonds is 7. The van der Waals surface area contributed by atoms with Gasteiger partial charge in [0.25, 0.3) is 0 Å². The summed E-state index contributed by atoms with van der Waals surface area (Å²) in [7, 11) is 0. The number of nitrogens with one attached hydrogen (secondary N) is 1. The third kappa shape index (κ3) is 4.71. The Kier molecular flexibility index (Phi) is 6.01. The molecule has 0 aromatic heterocycles. The molecule has 0 aliphatic rings. The van der Waals surface area contributed by atoms with Crippen LogP contribution in [0, 0.1) is 13.8 Å². The summed E-state index contributed by atoms with van der Waals surface area (Å²) < 4.78 is 0. The second-order valence-corrected chi connectivity index (χ2v) is 5.88. The first-order chi connectivity index (χ1) is 10.2. The minimum Gasteiger partial charge on any atom is -0.316 e. The summed E-state index contributed by atoms with van der Waals surface area (Å²) in [4.78, 5) is 0. The molecule has 2 aromatic carbocycles. The summed E-state index contributed by atoms with van der Waals surface area (Å²) in [6, 6.07) is 17.7. The molecule has 112 valence electrons. The molecule has 0 radical (unpaired) electrons. The van der Waals surface area contributed by atoms with Gasteiger partial charge in [-0.3, -0.25) is 0 Å². The highest BCUT2D eigenvalue weighted by Crippen LogP contribution is 2.22. The van der Waals surface area contributed by atoms with Crippen LogP contribution in [-0.2, 0) is 6.42 Å². The molecule has 1 unspecified atom stereocenters. The van der Waals surface area contributed by atoms with Crippen molar-refractivity contribution >= 4 is 0 Å². The highest BCUT2D eigenvalue weighted by molar-refractivity contribution is 5.31. The summed E-state index contributed by atoms with van der Waals surface area (Å²) in [5.74, 6) is 0.589. The van der Waals surface area contributed by atoms with E-state index >= 15 is 0 Å². The van der Waals surface area contributed by atoms with Crippen molar-refractivity contribution in [1.82, 2.24) is 5.32 Å². The van der Waals surface area contributed by atoms with Gasteiger partial charge in [0.05, 0.1) is 0 Å². The van der Waals surface area contributed by atoms with E-state index in [0.29, 0.717) is 5.92 Å². The fourth-order valence-corrected chi connectivity index (χ4v) is 2.83. The van der Waals surface area contributed by atoms with E-state index in [9.17, 15) is 0 Å². The second kappa shape index (κ2) is 7.99. The third-order valence-corrected chi connectivity index (χ3v) is 4.18. The van der Waals surface area contributed by atoms with Crippen LogP contribution in [0.4, 0.5) is 0 Å². The van der Waals surface area contributed by atoms with Gasteiger partial charge in [-0.2, -0.15) is 0 Å². The van der Waals surface area contributed by atoms with Gasteiger partial charge in [-0.1, -0.05) is 61.0 Å². The Labute approximate surface area is 129 Å². The zero-order valence-electron chi connectivity index (χ0n) is 13.5. The zero-order chi connectivity index (χ0) is 15.1. The highest BCUT2D eigenvalue weighted by atomic mass is 14.8. The fraction of sp³-hybridized carbons (Fsp3) is 0.400. The van der Waals surface area contributed by atoms with Gasteiger partial charge in [0.1, 0.15) is 0 Å². The Bertz CT molecular complexity index is 545. The number of likely N-dealkylation sites (N-methyl/N-ethyl adjacent to an activating group) is 1. The van der Waals surface area contributed by atoms with E-state index < -0.39 is 0 Å². The molecule has 0 heterocycles. The van der Waals surface area contributed by atoms with Gasteiger partial charge in [-0.15, -0.1) is 0 Å². The summed E-state index contributed by atoms with van der Waals surface area (Å²) in [5.41, 5.74) is 5.71. The number of benzene rings is 2. The molecular weight excluding hydrogens is 254 g/mol. The third-order valence-electron chi connectivity index (χ3n) is 4.18. The van der Waals surface area contributed by atoms with Crippen molar-refractivity contribution in [2.75, 3.05) is 13.1 Å². The number of hydrogen-bond donors (Lipinski definition) is 1. The van der Waals surface area contributed by atoms with Crippen molar-refractivity contribution in [3.8, 4) is 0 Å². The van der Waals surface area contributed by atoms with Crippen LogP contribution >= 0.6 is 0 Å². The normalized spacial score (nSPS) is 12.3. The fourth-order valence-electron chi connectivity index (χ4n) is 2.83. The molecule has 1 nitrogen and oxygen atoms in total. The SMILES string of the molecule is CCNCC(CCc1cc(C)ccc1C)c1ccccc1. The molecular formula is C20H27N. The molecule has 1 atom stereocenters. The van der Waals surface area contributed by atoms with Crippen molar-refractivity contribution < 1.29 is 0 Å². The first-order valence-corrected chi connectivity index (χ1v) is 8.02. The van der Waals surface area contributed by atoms with Crippen molar-refractivity contribution in [1.29, 1.82) is 0 Å². The number of hydrogen-bond acceptors (Lipinski definition) is 1. The van der Waals surface area contributed by atoms with Gasteiger partial charge in [0.2, 0.25) is 0 Å². The molecule has 0 saturated heterocycles. The lowest BCUT2D eigenvalue weighted by Gasteiger charge is -2.18. The van der Waals surface area contributed by atoms with E-state index in [1.165, 1.54) is 28.7 Å². The molecule has 0 bridgehead atoms. The molecule has 0 aliphatic carbocycles. The average Bonchev–Trinajstić information content (AvgIpc) is 2.51. The van der Waals surface area contributed by atoms with Gasteiger partial charge in [-0.25, -0.2) is 0 Å². The van der Waals surface area contributed by atoms with Gasteiger partial charge in [-0.05, 0) is 55.8 Å². The molecule has 0 amide bonds. The molecule has 2 rings (SSSR count). The van der Waals surface area contributed by atoms with Gasteiger partial charge >= 0.3 is 0 Å². The largest absolute Gasteiger partial charge is 0.316 e. The summed E-state index contributed by atoms with van der Waals surface area (Å²) in [6.45, 7) is 8.66. The van der Waals surface area contributed by atoms with Crippen LogP contribution < -0.4 is 5.32 Å². The van der Waals surface area contributed by atoms with Crippen molar-refractivity contribution in [3.63, 3.8) is 0 Å². The molecule has 2 aromatic rings. The minimum atomic E-state index is 0.589. The van der Waals surface area contributed by atoms with Crippen LogP contribution in [0.2, 0.25) is 0 Å². The summed E-state index contributed by atoms with van der Waals surface area (Å²) >= 11 is 0. The lowest BCUT2D eigenvalue weighted by molar-refractivity contribution is 0.561. The molecule has 0 aliphatic heterocycles. The molecule has 0 spiro atoms. The Morgan fingerprint density at radius 2 is 1.76 bits per heavy atom. The predicted octanol–water partition coefficient (Wildman–Crippen LogP) is 4.63. The standard InChI is InChI=1S/C20H27N/c1-4-21-15-20(18-8-6-5-7-9-18)13-12-19-14-16(2)10-11-17(19)3/h5-11,14,20-21H,4,12-13,15H2,1-3H3. The van der Waals surface area contributed by atoms with E-state index in [1.54, 1.807) is 0 Å². The lowest BCUT2D eigenvalue weighted by atomic mass is 9.90. The van der Waals surface area contributed by atoms with E-state index in [4.69, 9.17) is 0 Å². The van der Waals surface area contributed by atoms with Crippen LogP contribution in [0.3, 0.4) is 0 Å². The minimum absolute atomic E-state index is 0.589. The smallest absolute Gasteiger partial charge is 0.00201 e. The Balaban J connectivity index is 2.07. The van der Waals surface area contributed by atoms with Crippen molar-refractivity contribution in [3.05, 3.63) is 70.8 Å². The molecule has 1 heteroatoms. The Hall–Kier alpha value is -1.60. The van der Waals surface area contributed by atoms with E-state index in [0.717, 1.165) is 19.5 Å². The molecule has 0 fully saturated rings. The lowest BCUT2D eigenvalue weighted by Crippen LogP contribution is -2.21. The van der Waals surface area contributed by atoms with Crippen LogP contribution in [0.15, 0.2) is 48.5 Å². The van der Waals surface area contributed by atoms with Crippen LogP contribution in [0.25, 0.3) is 0 Å². The first kappa shape index (κ1) is 15.8. The van der Waals surface area contributed by atoms with Crippen LogP contribution in [0.1, 0.15) is 41.5 Å². The second-order valence-electron chi connectivity index (χ2n) is 5.88. The Morgan fingerprint density at radius 3 is 2.48 bits per heavy atom. The van der Waals surface area contributed by atoms with Gasteiger partial charge in [0, 0.05) is 6.54 Å². The van der Waals surface area contributed by atoms with Gasteiger partial charge < -0.3 is 5.32 Å². The van der Waals surface area contributed by atoms with E-state index in [2.05, 4.69) is 74.6 Å². The monoisotopic (exact) mass is 281 g/mol. The van der Waals surface area contributed by atoms with Crippen LogP contribution in [0.5, 0.6) is 0 Å². The Morgan fingerprint density at radius 1 is 1.00 bits per heavy atom. The molecule has 1 N–H and O–H groups in total.